The van der Waals surface area contributed by atoms with Gasteiger partial charge < -0.3 is 39.9 Å². The number of hydrogen-bond donors (Lipinski definition) is 6. The molecule has 1 aliphatic rings. The summed E-state index contributed by atoms with van der Waals surface area (Å²) in [7, 11) is -5.03. The molecule has 0 saturated heterocycles. The van der Waals surface area contributed by atoms with E-state index in [1.807, 2.05) is 0 Å². The van der Waals surface area contributed by atoms with E-state index in [0.29, 0.717) is 13.0 Å². The SMILES string of the molecule is CC/C=C\C/C=C\C/C=C\C/C=C\CCCCCCCCCCC(=O)OC(COCCCCCCCCCC/C=C\CCCCCCCCC)COP(=O)(O)OC1C(O)C(O)C(O)C(O)C1O. The molecule has 67 heavy (non-hydrogen) atoms. The van der Waals surface area contributed by atoms with Gasteiger partial charge in [-0.25, -0.2) is 4.57 Å². The molecule has 0 heterocycles. The fourth-order valence-corrected chi connectivity index (χ4v) is 8.90. The average molecular weight is 969 g/mol. The first-order valence-electron chi connectivity index (χ1n) is 26.6. The first-order valence-corrected chi connectivity index (χ1v) is 28.1. The van der Waals surface area contributed by atoms with E-state index < -0.39 is 63.1 Å². The molecule has 0 aliphatic heterocycles. The molecule has 0 aromatic heterocycles. The van der Waals surface area contributed by atoms with Crippen LogP contribution in [0.25, 0.3) is 0 Å². The summed E-state index contributed by atoms with van der Waals surface area (Å²) in [5.41, 5.74) is 0. The molecule has 1 fully saturated rings. The first kappa shape index (κ1) is 63.1. The molecule has 0 aromatic carbocycles. The molecule has 0 spiro atoms. The zero-order valence-corrected chi connectivity index (χ0v) is 42.8. The monoisotopic (exact) mass is 969 g/mol. The van der Waals surface area contributed by atoms with Crippen LogP contribution in [0.3, 0.4) is 0 Å². The van der Waals surface area contributed by atoms with E-state index in [1.165, 1.54) is 109 Å². The minimum Gasteiger partial charge on any atom is -0.457 e. The van der Waals surface area contributed by atoms with Gasteiger partial charge in [0.2, 0.25) is 0 Å². The molecular formula is C54H97O12P. The maximum Gasteiger partial charge on any atom is 0.472 e. The molecule has 12 nitrogen and oxygen atoms in total. The summed E-state index contributed by atoms with van der Waals surface area (Å²) in [6.45, 7) is 4.15. The van der Waals surface area contributed by atoms with E-state index in [0.717, 1.165) is 77.0 Å². The van der Waals surface area contributed by atoms with Gasteiger partial charge in [-0.3, -0.25) is 13.8 Å². The number of esters is 1. The predicted octanol–water partition coefficient (Wildman–Crippen LogP) is 12.1. The normalized spacial score (nSPS) is 21.7. The van der Waals surface area contributed by atoms with Gasteiger partial charge in [0.1, 0.15) is 42.7 Å². The van der Waals surface area contributed by atoms with Crippen LogP contribution in [0.4, 0.5) is 0 Å². The van der Waals surface area contributed by atoms with Crippen molar-refractivity contribution in [2.24, 2.45) is 0 Å². The lowest BCUT2D eigenvalue weighted by Gasteiger charge is -2.41. The van der Waals surface area contributed by atoms with Crippen molar-refractivity contribution >= 4 is 13.8 Å². The summed E-state index contributed by atoms with van der Waals surface area (Å²) in [4.78, 5) is 23.3. The van der Waals surface area contributed by atoms with Gasteiger partial charge in [-0.1, -0.05) is 190 Å². The largest absolute Gasteiger partial charge is 0.472 e. The molecular weight excluding hydrogens is 872 g/mol. The number of allylic oxidation sites excluding steroid dienone is 10. The van der Waals surface area contributed by atoms with Gasteiger partial charge in [-0.15, -0.1) is 0 Å². The van der Waals surface area contributed by atoms with Crippen LogP contribution in [0.1, 0.15) is 213 Å². The van der Waals surface area contributed by atoms with Gasteiger partial charge in [0.05, 0.1) is 13.2 Å². The molecule has 0 aromatic rings. The van der Waals surface area contributed by atoms with Crippen LogP contribution in [0.15, 0.2) is 60.8 Å². The lowest BCUT2D eigenvalue weighted by Crippen LogP contribution is -2.64. The predicted molar refractivity (Wildman–Crippen MR) is 272 cm³/mol. The van der Waals surface area contributed by atoms with E-state index in [4.69, 9.17) is 18.5 Å². The fourth-order valence-electron chi connectivity index (χ4n) is 7.93. The zero-order chi connectivity index (χ0) is 49.1. The van der Waals surface area contributed by atoms with Gasteiger partial charge in [0.15, 0.2) is 0 Å². The number of phosphoric ester groups is 1. The Hall–Kier alpha value is -1.96. The second kappa shape index (κ2) is 44.0. The summed E-state index contributed by atoms with van der Waals surface area (Å²) < 4.78 is 34.3. The van der Waals surface area contributed by atoms with Crippen LogP contribution in [0.2, 0.25) is 0 Å². The third-order valence-electron chi connectivity index (χ3n) is 12.1. The number of rotatable bonds is 45. The molecule has 390 valence electrons. The van der Waals surface area contributed by atoms with Gasteiger partial charge >= 0.3 is 13.8 Å². The number of ether oxygens (including phenoxy) is 2. The Balaban J connectivity index is 2.34. The molecule has 6 N–H and O–H groups in total. The number of phosphoric acid groups is 1. The third kappa shape index (κ3) is 35.7. The second-order valence-electron chi connectivity index (χ2n) is 18.3. The zero-order valence-electron chi connectivity index (χ0n) is 41.9. The number of aliphatic hydroxyl groups is 5. The Morgan fingerprint density at radius 1 is 0.493 bits per heavy atom. The van der Waals surface area contributed by atoms with E-state index in [-0.39, 0.29) is 13.0 Å². The Morgan fingerprint density at radius 2 is 0.881 bits per heavy atom. The highest BCUT2D eigenvalue weighted by atomic mass is 31.2. The first-order chi connectivity index (χ1) is 32.5. The van der Waals surface area contributed by atoms with Gasteiger partial charge in [-0.2, -0.15) is 0 Å². The minimum absolute atomic E-state index is 0.0835. The van der Waals surface area contributed by atoms with Crippen LogP contribution in [-0.4, -0.2) is 98.9 Å². The van der Waals surface area contributed by atoms with Crippen molar-refractivity contribution < 1.29 is 58.3 Å². The Bertz CT molecular complexity index is 1340. The van der Waals surface area contributed by atoms with Crippen LogP contribution < -0.4 is 0 Å². The van der Waals surface area contributed by atoms with Crippen molar-refractivity contribution in [3.05, 3.63) is 60.8 Å². The molecule has 13 heteroatoms. The lowest BCUT2D eigenvalue weighted by molar-refractivity contribution is -0.220. The maximum absolute atomic E-state index is 12.9. The topological polar surface area (TPSA) is 192 Å². The molecule has 0 amide bonds. The molecule has 1 saturated carbocycles. The van der Waals surface area contributed by atoms with Crippen molar-refractivity contribution in [3.63, 3.8) is 0 Å². The Morgan fingerprint density at radius 3 is 1.36 bits per heavy atom. The number of carbonyl (C=O) groups excluding carboxylic acids is 1. The highest BCUT2D eigenvalue weighted by Crippen LogP contribution is 2.47. The average Bonchev–Trinajstić information content (AvgIpc) is 3.31. The number of carbonyl (C=O) groups is 1. The third-order valence-corrected chi connectivity index (χ3v) is 13.1. The Kier molecular flexibility index (Phi) is 41.4. The smallest absolute Gasteiger partial charge is 0.457 e. The summed E-state index contributed by atoms with van der Waals surface area (Å²) in [5.74, 6) is -0.486. The number of unbranched alkanes of at least 4 members (excludes halogenated alkanes) is 23. The van der Waals surface area contributed by atoms with E-state index in [1.54, 1.807) is 0 Å². The summed E-state index contributed by atoms with van der Waals surface area (Å²) in [5, 5.41) is 50.3. The summed E-state index contributed by atoms with van der Waals surface area (Å²) >= 11 is 0. The maximum atomic E-state index is 12.9. The van der Waals surface area contributed by atoms with Crippen LogP contribution >= 0.6 is 7.82 Å². The van der Waals surface area contributed by atoms with E-state index in [2.05, 4.69) is 74.6 Å². The van der Waals surface area contributed by atoms with E-state index in [9.17, 15) is 39.8 Å². The molecule has 6 unspecified atom stereocenters. The standard InChI is InChI=1S/C54H97O12P/c1-3-5-7-9-11-13-15-17-19-21-23-24-25-27-29-31-33-35-37-39-41-43-48(55)65-47(46-64-67(61,62)66-54-52(59)50(57)49(56)51(58)53(54)60)45-63-44-42-40-38-36-34-32-30-28-26-22-20-18-16-14-12-10-8-6-4-2/h5,7,11,13,17,19-20,22-24,47,49-54,56-60H,3-4,6,8-10,12,14-16,18,21,25-46H2,1-2H3,(H,61,62)/b7-5-,13-11-,19-17-,22-20-,24-23-. The van der Waals surface area contributed by atoms with Crippen LogP contribution in [0.5, 0.6) is 0 Å². The van der Waals surface area contributed by atoms with Crippen molar-refractivity contribution in [2.45, 2.75) is 256 Å². The van der Waals surface area contributed by atoms with Crippen LogP contribution in [0, 0.1) is 0 Å². The minimum atomic E-state index is -5.03. The van der Waals surface area contributed by atoms with Crippen molar-refractivity contribution in [3.8, 4) is 0 Å². The van der Waals surface area contributed by atoms with Gasteiger partial charge in [-0.05, 0) is 77.0 Å². The molecule has 0 bridgehead atoms. The number of hydrogen-bond acceptors (Lipinski definition) is 11. The second-order valence-corrected chi connectivity index (χ2v) is 19.7. The summed E-state index contributed by atoms with van der Waals surface area (Å²) in [6.07, 6.45) is 44.2. The molecule has 1 aliphatic carbocycles. The summed E-state index contributed by atoms with van der Waals surface area (Å²) in [6, 6.07) is 0. The van der Waals surface area contributed by atoms with Gasteiger partial charge in [0.25, 0.3) is 0 Å². The highest BCUT2D eigenvalue weighted by Gasteiger charge is 2.51. The van der Waals surface area contributed by atoms with Crippen molar-refractivity contribution in [1.29, 1.82) is 0 Å². The van der Waals surface area contributed by atoms with Gasteiger partial charge in [0, 0.05) is 13.0 Å². The van der Waals surface area contributed by atoms with Crippen LogP contribution in [-0.2, 0) is 27.9 Å². The lowest BCUT2D eigenvalue weighted by atomic mass is 9.85. The van der Waals surface area contributed by atoms with Crippen molar-refractivity contribution in [2.75, 3.05) is 19.8 Å². The van der Waals surface area contributed by atoms with Crippen molar-refractivity contribution in [1.82, 2.24) is 0 Å². The molecule has 6 atom stereocenters. The quantitative estimate of drug-likeness (QED) is 0.0147. The Labute approximate surface area is 407 Å². The number of aliphatic hydroxyl groups excluding tert-OH is 5. The molecule has 1 rings (SSSR count). The molecule has 0 radical (unpaired) electrons. The fraction of sp³-hybridized carbons (Fsp3) is 0.796. The van der Waals surface area contributed by atoms with E-state index >= 15 is 0 Å². The highest BCUT2D eigenvalue weighted by molar-refractivity contribution is 7.47.